The van der Waals surface area contributed by atoms with E-state index in [1.807, 2.05) is 23.9 Å². The Morgan fingerprint density at radius 3 is 2.53 bits per heavy atom. The first-order chi connectivity index (χ1) is 9.15. The van der Waals surface area contributed by atoms with Gasteiger partial charge in [-0.15, -0.1) is 11.8 Å². The Labute approximate surface area is 126 Å². The molecule has 0 spiro atoms. The van der Waals surface area contributed by atoms with Crippen molar-refractivity contribution in [2.45, 2.75) is 24.8 Å². The van der Waals surface area contributed by atoms with Crippen LogP contribution < -0.4 is 4.74 Å². The molecule has 2 rings (SSSR count). The Morgan fingerprint density at radius 2 is 2.00 bits per heavy atom. The highest BCUT2D eigenvalue weighted by Gasteiger charge is 2.12. The first kappa shape index (κ1) is 14.5. The number of thioether (sulfide) groups is 1. The van der Waals surface area contributed by atoms with Crippen molar-refractivity contribution in [2.24, 2.45) is 7.05 Å². The summed E-state index contributed by atoms with van der Waals surface area (Å²) in [6, 6.07) is 8.12. The molecule has 0 aliphatic heterocycles. The first-order valence-corrected chi connectivity index (χ1v) is 8.14. The van der Waals surface area contributed by atoms with Gasteiger partial charge in [-0.1, -0.05) is 6.92 Å². The average molecular weight is 341 g/mol. The number of rotatable bonds is 5. The van der Waals surface area contributed by atoms with Gasteiger partial charge in [-0.05, 0) is 52.9 Å². The predicted octanol–water partition coefficient (Wildman–Crippen LogP) is 4.05. The number of hydrogen-bond acceptors (Lipinski definition) is 3. The third kappa shape index (κ3) is 3.34. The molecule has 0 N–H and O–H groups in total. The maximum absolute atomic E-state index is 5.81. The van der Waals surface area contributed by atoms with Gasteiger partial charge in [0.05, 0.1) is 15.9 Å². The molecule has 0 atom stereocenters. The minimum Gasteiger partial charge on any atom is -0.487 e. The van der Waals surface area contributed by atoms with Crippen LogP contribution in [0.4, 0.5) is 0 Å². The van der Waals surface area contributed by atoms with Crippen LogP contribution in [0.25, 0.3) is 0 Å². The summed E-state index contributed by atoms with van der Waals surface area (Å²) in [7, 11) is 1.94. The van der Waals surface area contributed by atoms with Crippen molar-refractivity contribution in [2.75, 3.05) is 6.26 Å². The molecule has 2 aromatic rings. The first-order valence-electron chi connectivity index (χ1n) is 6.12. The van der Waals surface area contributed by atoms with Gasteiger partial charge in [-0.2, -0.15) is 5.10 Å². The van der Waals surface area contributed by atoms with E-state index in [2.05, 4.69) is 46.3 Å². The van der Waals surface area contributed by atoms with Gasteiger partial charge in [0, 0.05) is 11.9 Å². The van der Waals surface area contributed by atoms with Crippen molar-refractivity contribution in [1.29, 1.82) is 0 Å². The van der Waals surface area contributed by atoms with Crippen molar-refractivity contribution in [3.8, 4) is 5.75 Å². The maximum atomic E-state index is 5.81. The van der Waals surface area contributed by atoms with Crippen molar-refractivity contribution < 1.29 is 4.74 Å². The molecular weight excluding hydrogens is 324 g/mol. The van der Waals surface area contributed by atoms with Crippen LogP contribution in [0.1, 0.15) is 18.3 Å². The molecule has 0 aliphatic carbocycles. The lowest BCUT2D eigenvalue weighted by atomic mass is 10.3. The molecule has 102 valence electrons. The molecule has 0 saturated carbocycles. The normalized spacial score (nSPS) is 10.7. The van der Waals surface area contributed by atoms with Crippen LogP contribution in [0, 0.1) is 0 Å². The van der Waals surface area contributed by atoms with E-state index in [1.54, 1.807) is 11.8 Å². The smallest absolute Gasteiger partial charge is 0.131 e. The molecule has 0 unspecified atom stereocenters. The van der Waals surface area contributed by atoms with Crippen LogP contribution >= 0.6 is 27.7 Å². The minimum absolute atomic E-state index is 0.517. The van der Waals surface area contributed by atoms with E-state index in [4.69, 9.17) is 4.74 Å². The van der Waals surface area contributed by atoms with Gasteiger partial charge in [-0.25, -0.2) is 0 Å². The quantitative estimate of drug-likeness (QED) is 0.768. The zero-order valence-electron chi connectivity index (χ0n) is 11.3. The van der Waals surface area contributed by atoms with E-state index in [0.717, 1.165) is 28.0 Å². The maximum Gasteiger partial charge on any atom is 0.131 e. The fourth-order valence-electron chi connectivity index (χ4n) is 1.80. The third-order valence-corrected chi connectivity index (χ3v) is 4.60. The number of hydrogen-bond donors (Lipinski definition) is 0. The van der Waals surface area contributed by atoms with Crippen LogP contribution in [-0.2, 0) is 20.1 Å². The van der Waals surface area contributed by atoms with E-state index in [-0.39, 0.29) is 0 Å². The molecule has 5 heteroatoms. The Bertz CT molecular complexity index is 551. The lowest BCUT2D eigenvalue weighted by Crippen LogP contribution is -2.03. The number of aryl methyl sites for hydroxylation is 2. The third-order valence-electron chi connectivity index (χ3n) is 2.94. The summed E-state index contributed by atoms with van der Waals surface area (Å²) in [5.41, 5.74) is 2.13. The van der Waals surface area contributed by atoms with Crippen LogP contribution in [0.5, 0.6) is 5.75 Å². The lowest BCUT2D eigenvalue weighted by molar-refractivity contribution is 0.294. The Balaban J connectivity index is 2.07. The molecule has 19 heavy (non-hydrogen) atoms. The summed E-state index contributed by atoms with van der Waals surface area (Å²) in [5, 5.41) is 4.45. The van der Waals surface area contributed by atoms with Gasteiger partial charge in [0.15, 0.2) is 0 Å². The molecule has 0 fully saturated rings. The monoisotopic (exact) mass is 340 g/mol. The molecule has 3 nitrogen and oxygen atoms in total. The van der Waals surface area contributed by atoms with Crippen LogP contribution in [0.15, 0.2) is 33.6 Å². The number of nitrogens with zero attached hydrogens (tertiary/aromatic N) is 2. The fraction of sp³-hybridized carbons (Fsp3) is 0.357. The van der Waals surface area contributed by atoms with E-state index in [1.165, 1.54) is 4.90 Å². The summed E-state index contributed by atoms with van der Waals surface area (Å²) >= 11 is 5.32. The van der Waals surface area contributed by atoms with Gasteiger partial charge in [-0.3, -0.25) is 4.68 Å². The number of benzene rings is 1. The average Bonchev–Trinajstić information content (AvgIpc) is 2.72. The molecule has 1 aromatic carbocycles. The van der Waals surface area contributed by atoms with Crippen LogP contribution in [-0.4, -0.2) is 16.0 Å². The second-order valence-electron chi connectivity index (χ2n) is 4.15. The van der Waals surface area contributed by atoms with E-state index < -0.39 is 0 Å². The summed E-state index contributed by atoms with van der Waals surface area (Å²) in [6.45, 7) is 2.61. The van der Waals surface area contributed by atoms with Crippen molar-refractivity contribution >= 4 is 27.7 Å². The molecule has 0 aliphatic rings. The van der Waals surface area contributed by atoms with Gasteiger partial charge in [0.25, 0.3) is 0 Å². The van der Waals surface area contributed by atoms with E-state index >= 15 is 0 Å². The molecular formula is C14H17BrN2OS. The number of halogens is 1. The Morgan fingerprint density at radius 1 is 1.32 bits per heavy atom. The van der Waals surface area contributed by atoms with Crippen LogP contribution in [0.3, 0.4) is 0 Å². The Hall–Kier alpha value is -0.940. The second-order valence-corrected chi connectivity index (χ2v) is 5.82. The fourth-order valence-corrected chi connectivity index (χ4v) is 2.94. The summed E-state index contributed by atoms with van der Waals surface area (Å²) < 4.78 is 8.74. The van der Waals surface area contributed by atoms with Crippen molar-refractivity contribution in [3.63, 3.8) is 0 Å². The summed E-state index contributed by atoms with van der Waals surface area (Å²) in [5.74, 6) is 0.879. The SMILES string of the molecule is CCc1nn(C)c(COc2ccc(SC)cc2)c1Br. The summed E-state index contributed by atoms with van der Waals surface area (Å²) in [6.07, 6.45) is 2.98. The molecule has 0 saturated heterocycles. The summed E-state index contributed by atoms with van der Waals surface area (Å²) in [4.78, 5) is 1.24. The minimum atomic E-state index is 0.517. The zero-order valence-corrected chi connectivity index (χ0v) is 13.7. The number of aromatic nitrogens is 2. The van der Waals surface area contributed by atoms with Crippen LogP contribution in [0.2, 0.25) is 0 Å². The van der Waals surface area contributed by atoms with Gasteiger partial charge in [0.1, 0.15) is 12.4 Å². The largest absolute Gasteiger partial charge is 0.487 e. The van der Waals surface area contributed by atoms with E-state index in [9.17, 15) is 0 Å². The second kappa shape index (κ2) is 6.48. The van der Waals surface area contributed by atoms with Gasteiger partial charge >= 0.3 is 0 Å². The highest BCUT2D eigenvalue weighted by atomic mass is 79.9. The highest BCUT2D eigenvalue weighted by molar-refractivity contribution is 9.10. The molecule has 0 radical (unpaired) electrons. The molecule has 0 amide bonds. The molecule has 1 heterocycles. The van der Waals surface area contributed by atoms with E-state index in [0.29, 0.717) is 6.61 Å². The highest BCUT2D eigenvalue weighted by Crippen LogP contribution is 2.24. The number of ether oxygens (including phenoxy) is 1. The predicted molar refractivity (Wildman–Crippen MR) is 82.8 cm³/mol. The van der Waals surface area contributed by atoms with Gasteiger partial charge < -0.3 is 4.74 Å². The lowest BCUT2D eigenvalue weighted by Gasteiger charge is -2.07. The topological polar surface area (TPSA) is 27.1 Å². The molecule has 0 bridgehead atoms. The zero-order chi connectivity index (χ0) is 13.8. The Kier molecular flexibility index (Phi) is 4.93. The van der Waals surface area contributed by atoms with Crippen molar-refractivity contribution in [1.82, 2.24) is 9.78 Å². The standard InChI is InChI=1S/C14H17BrN2OS/c1-4-12-14(15)13(17(2)16-12)9-18-10-5-7-11(19-3)8-6-10/h5-8H,4,9H2,1-3H3. The molecule has 1 aromatic heterocycles. The van der Waals surface area contributed by atoms with Gasteiger partial charge in [0.2, 0.25) is 0 Å². The van der Waals surface area contributed by atoms with Crippen molar-refractivity contribution in [3.05, 3.63) is 40.1 Å².